The van der Waals surface area contributed by atoms with Gasteiger partial charge >= 0.3 is 11.6 Å². The number of ketones is 1. The maximum absolute atomic E-state index is 12.8. The second-order valence-electron chi connectivity index (χ2n) is 6.49. The third-order valence-corrected chi connectivity index (χ3v) is 6.11. The number of hydrogen-bond donors (Lipinski definition) is 1. The predicted octanol–water partition coefficient (Wildman–Crippen LogP) is -0.479. The lowest BCUT2D eigenvalue weighted by molar-refractivity contribution is -0.760. The van der Waals surface area contributed by atoms with Gasteiger partial charge in [-0.25, -0.2) is 8.42 Å². The van der Waals surface area contributed by atoms with Crippen LogP contribution in [0.25, 0.3) is 0 Å². The van der Waals surface area contributed by atoms with Crippen LogP contribution in [0.3, 0.4) is 0 Å². The molecular weight excluding hydrogens is 334 g/mol. The van der Waals surface area contributed by atoms with E-state index in [9.17, 15) is 13.2 Å². The van der Waals surface area contributed by atoms with Crippen LogP contribution in [0, 0.1) is 5.92 Å². The maximum atomic E-state index is 12.8. The highest BCUT2D eigenvalue weighted by Crippen LogP contribution is 2.27. The summed E-state index contributed by atoms with van der Waals surface area (Å²) in [5, 5.41) is 5.70. The van der Waals surface area contributed by atoms with Crippen LogP contribution in [-0.2, 0) is 10.0 Å². The summed E-state index contributed by atoms with van der Waals surface area (Å²) in [4.78, 5) is 14.3. The van der Waals surface area contributed by atoms with Crippen molar-refractivity contribution in [3.05, 3.63) is 5.69 Å². The quantitative estimate of drug-likeness (QED) is 0.571. The molecule has 0 radical (unpaired) electrons. The molecule has 3 rings (SSSR count). The minimum Gasteiger partial charge on any atom is -0.361 e. The minimum atomic E-state index is -3.21. The SMILES string of the molecule is CS(=O)(=O)N1CCN([n+]2noc(N)c2C(=O)C2CCCCC2)CC1. The maximum Gasteiger partial charge on any atom is 0.373 e. The molecule has 9 nitrogen and oxygen atoms in total. The van der Waals surface area contributed by atoms with E-state index in [-0.39, 0.29) is 23.3 Å². The number of carbonyl (C=O) groups excluding carboxylic acids is 1. The Bertz CT molecular complexity index is 703. The van der Waals surface area contributed by atoms with Crippen molar-refractivity contribution in [2.45, 2.75) is 32.1 Å². The zero-order valence-electron chi connectivity index (χ0n) is 13.8. The molecule has 0 amide bonds. The van der Waals surface area contributed by atoms with Gasteiger partial charge in [0.15, 0.2) is 0 Å². The molecule has 2 fully saturated rings. The van der Waals surface area contributed by atoms with Crippen LogP contribution in [0.15, 0.2) is 4.52 Å². The van der Waals surface area contributed by atoms with E-state index >= 15 is 0 Å². The van der Waals surface area contributed by atoms with E-state index in [0.717, 1.165) is 32.1 Å². The van der Waals surface area contributed by atoms with Crippen molar-refractivity contribution in [2.24, 2.45) is 5.92 Å². The third kappa shape index (κ3) is 3.39. The number of anilines is 1. The average molecular weight is 358 g/mol. The number of Topliss-reactive ketones (excluding diaryl/α,β-unsaturated/α-hetero) is 1. The van der Waals surface area contributed by atoms with Gasteiger partial charge in [0, 0.05) is 19.0 Å². The zero-order chi connectivity index (χ0) is 17.3. The molecule has 134 valence electrons. The number of piperazine rings is 1. The molecule has 24 heavy (non-hydrogen) atoms. The second kappa shape index (κ2) is 6.67. The highest BCUT2D eigenvalue weighted by Gasteiger charge is 2.40. The van der Waals surface area contributed by atoms with Crippen molar-refractivity contribution in [3.63, 3.8) is 0 Å². The first kappa shape index (κ1) is 17.2. The number of nitrogens with zero attached hydrogens (tertiary/aromatic N) is 4. The fourth-order valence-electron chi connectivity index (χ4n) is 3.44. The molecule has 1 saturated heterocycles. The summed E-state index contributed by atoms with van der Waals surface area (Å²) in [5.74, 6) is -0.0425. The van der Waals surface area contributed by atoms with Gasteiger partial charge in [-0.3, -0.25) is 9.32 Å². The number of carbonyl (C=O) groups is 1. The monoisotopic (exact) mass is 358 g/mol. The van der Waals surface area contributed by atoms with Crippen molar-refractivity contribution in [3.8, 4) is 0 Å². The molecule has 0 atom stereocenters. The number of nitrogen functional groups attached to an aromatic ring is 1. The molecule has 1 saturated carbocycles. The largest absolute Gasteiger partial charge is 0.373 e. The molecule has 0 spiro atoms. The van der Waals surface area contributed by atoms with Gasteiger partial charge in [-0.05, 0) is 12.8 Å². The van der Waals surface area contributed by atoms with Crippen LogP contribution in [0.1, 0.15) is 42.6 Å². The lowest BCUT2D eigenvalue weighted by Gasteiger charge is -2.28. The molecule has 0 bridgehead atoms. The smallest absolute Gasteiger partial charge is 0.361 e. The summed E-state index contributed by atoms with van der Waals surface area (Å²) in [6.07, 6.45) is 6.19. The number of sulfonamides is 1. The molecule has 2 aliphatic rings. The second-order valence-corrected chi connectivity index (χ2v) is 8.47. The van der Waals surface area contributed by atoms with Crippen LogP contribution < -0.4 is 15.5 Å². The van der Waals surface area contributed by atoms with E-state index in [4.69, 9.17) is 10.3 Å². The van der Waals surface area contributed by atoms with Gasteiger partial charge < -0.3 is 5.73 Å². The Kier molecular flexibility index (Phi) is 4.77. The van der Waals surface area contributed by atoms with Crippen LogP contribution in [0.2, 0.25) is 0 Å². The summed E-state index contributed by atoms with van der Waals surface area (Å²) in [7, 11) is -3.21. The molecule has 10 heteroatoms. The van der Waals surface area contributed by atoms with Gasteiger partial charge in [0.05, 0.1) is 24.1 Å². The van der Waals surface area contributed by atoms with E-state index in [1.165, 1.54) is 15.4 Å². The zero-order valence-corrected chi connectivity index (χ0v) is 14.7. The lowest BCUT2D eigenvalue weighted by atomic mass is 9.85. The van der Waals surface area contributed by atoms with Crippen molar-refractivity contribution in [1.82, 2.24) is 9.58 Å². The van der Waals surface area contributed by atoms with Crippen LogP contribution in [0.5, 0.6) is 0 Å². The van der Waals surface area contributed by atoms with Crippen molar-refractivity contribution in [2.75, 3.05) is 43.2 Å². The van der Waals surface area contributed by atoms with Gasteiger partial charge in [0.2, 0.25) is 21.1 Å². The van der Waals surface area contributed by atoms with Crippen molar-refractivity contribution >= 4 is 21.7 Å². The Morgan fingerprint density at radius 2 is 1.83 bits per heavy atom. The van der Waals surface area contributed by atoms with E-state index in [2.05, 4.69) is 5.27 Å². The third-order valence-electron chi connectivity index (χ3n) is 4.81. The summed E-state index contributed by atoms with van der Waals surface area (Å²) >= 11 is 0. The number of nitrogens with two attached hydrogens (primary N) is 1. The highest BCUT2D eigenvalue weighted by atomic mass is 32.2. The fraction of sp³-hybridized carbons (Fsp3) is 0.786. The molecular formula is C14H24N5O4S+. The lowest BCUT2D eigenvalue weighted by Crippen LogP contribution is -2.68. The topological polar surface area (TPSA) is 114 Å². The van der Waals surface area contributed by atoms with E-state index in [1.807, 2.05) is 0 Å². The summed E-state index contributed by atoms with van der Waals surface area (Å²) in [6, 6.07) is 0. The molecule has 0 aromatic carbocycles. The summed E-state index contributed by atoms with van der Waals surface area (Å²) in [5.41, 5.74) is 6.14. The average Bonchev–Trinajstić information content (AvgIpc) is 2.96. The molecule has 2 N–H and O–H groups in total. The van der Waals surface area contributed by atoms with Gasteiger partial charge in [-0.2, -0.15) is 4.31 Å². The van der Waals surface area contributed by atoms with Gasteiger partial charge in [0.25, 0.3) is 0 Å². The Morgan fingerprint density at radius 3 is 2.42 bits per heavy atom. The van der Waals surface area contributed by atoms with E-state index in [1.54, 1.807) is 5.01 Å². The minimum absolute atomic E-state index is 0.0242. The van der Waals surface area contributed by atoms with E-state index < -0.39 is 10.0 Å². The van der Waals surface area contributed by atoms with Crippen LogP contribution >= 0.6 is 0 Å². The van der Waals surface area contributed by atoms with E-state index in [0.29, 0.717) is 26.2 Å². The molecule has 1 aromatic rings. The van der Waals surface area contributed by atoms with Crippen molar-refractivity contribution < 1.29 is 22.5 Å². The summed E-state index contributed by atoms with van der Waals surface area (Å²) < 4.78 is 29.7. The number of hydrogen-bond acceptors (Lipinski definition) is 7. The Labute approximate surface area is 141 Å². The number of rotatable bonds is 4. The van der Waals surface area contributed by atoms with Crippen molar-refractivity contribution in [1.29, 1.82) is 0 Å². The highest BCUT2D eigenvalue weighted by molar-refractivity contribution is 7.88. The number of aromatic nitrogens is 2. The fourth-order valence-corrected chi connectivity index (χ4v) is 4.26. The predicted molar refractivity (Wildman–Crippen MR) is 86.4 cm³/mol. The van der Waals surface area contributed by atoms with Gasteiger partial charge in [-0.1, -0.05) is 19.3 Å². The standard InChI is InChI=1S/C14H23N5O4S/c1-24(21,22)18-9-7-17(8-10-18)19-12(14(15)23-16-19)13(20)11-5-3-2-4-6-11/h11H,2-10H2,1H3,(H-,15,16,20)/p+1. The normalized spacial score (nSPS) is 21.1. The molecule has 1 aliphatic carbocycles. The van der Waals surface area contributed by atoms with Crippen LogP contribution in [0.4, 0.5) is 5.88 Å². The Balaban J connectivity index is 1.77. The molecule has 1 aliphatic heterocycles. The first-order chi connectivity index (χ1) is 11.4. The molecule has 2 heterocycles. The first-order valence-electron chi connectivity index (χ1n) is 8.30. The summed E-state index contributed by atoms with van der Waals surface area (Å²) in [6.45, 7) is 1.54. The van der Waals surface area contributed by atoms with Crippen LogP contribution in [-0.4, -0.2) is 56.2 Å². The molecule has 1 aromatic heterocycles. The van der Waals surface area contributed by atoms with Gasteiger partial charge in [-0.15, -0.1) is 5.01 Å². The molecule has 0 unspecified atom stereocenters. The Morgan fingerprint density at radius 1 is 1.21 bits per heavy atom. The Hall–Kier alpha value is -1.68. The first-order valence-corrected chi connectivity index (χ1v) is 10.1. The van der Waals surface area contributed by atoms with Gasteiger partial charge in [0.1, 0.15) is 0 Å².